The van der Waals surface area contributed by atoms with Gasteiger partial charge in [-0.15, -0.1) is 0 Å². The van der Waals surface area contributed by atoms with Crippen LogP contribution in [0.25, 0.3) is 21.9 Å². The van der Waals surface area contributed by atoms with Gasteiger partial charge in [0.05, 0.1) is 17.2 Å². The van der Waals surface area contributed by atoms with Gasteiger partial charge in [0, 0.05) is 39.5 Å². The highest BCUT2D eigenvalue weighted by Gasteiger charge is 2.12. The first-order valence-corrected chi connectivity index (χ1v) is 10.9. The molecule has 0 radical (unpaired) electrons. The van der Waals surface area contributed by atoms with Crippen molar-refractivity contribution in [3.8, 4) is 0 Å². The van der Waals surface area contributed by atoms with Gasteiger partial charge in [-0.1, -0.05) is 43.8 Å². The van der Waals surface area contributed by atoms with E-state index in [1.54, 1.807) is 24.0 Å². The summed E-state index contributed by atoms with van der Waals surface area (Å²) in [5.74, 6) is -0.252. The van der Waals surface area contributed by atoms with Crippen LogP contribution >= 0.6 is 11.8 Å². The molecular weight excluding hydrogens is 394 g/mol. The molecule has 0 spiro atoms. The third-order valence-corrected chi connectivity index (χ3v) is 5.91. The van der Waals surface area contributed by atoms with Gasteiger partial charge in [0.15, 0.2) is 5.16 Å². The zero-order chi connectivity index (χ0) is 21.3. The Morgan fingerprint density at radius 1 is 1.30 bits per heavy atom. The minimum absolute atomic E-state index is 0.252. The number of thioether (sulfide) groups is 1. The summed E-state index contributed by atoms with van der Waals surface area (Å²) in [6.45, 7) is 9.32. The van der Waals surface area contributed by atoms with Gasteiger partial charge in [-0.2, -0.15) is 5.10 Å². The number of benzene rings is 2. The number of nitrogens with zero attached hydrogens (tertiary/aromatic N) is 3. The van der Waals surface area contributed by atoms with Crippen molar-refractivity contribution in [2.24, 2.45) is 5.10 Å². The molecule has 0 unspecified atom stereocenters. The zero-order valence-corrected chi connectivity index (χ0v) is 18.4. The van der Waals surface area contributed by atoms with Crippen LogP contribution in [0, 0.1) is 6.92 Å². The number of aromatic nitrogens is 3. The van der Waals surface area contributed by atoms with Crippen molar-refractivity contribution in [3.05, 3.63) is 59.3 Å². The Morgan fingerprint density at radius 3 is 2.87 bits per heavy atom. The summed E-state index contributed by atoms with van der Waals surface area (Å²) in [5.41, 5.74) is 8.21. The van der Waals surface area contributed by atoms with Crippen LogP contribution in [0.1, 0.15) is 42.4 Å². The Morgan fingerprint density at radius 2 is 2.10 bits per heavy atom. The number of rotatable bonds is 6. The van der Waals surface area contributed by atoms with Crippen LogP contribution < -0.4 is 5.43 Å². The smallest absolute Gasteiger partial charge is 0.271 e. The Hall–Kier alpha value is -3.06. The maximum Gasteiger partial charge on any atom is 0.271 e. The molecule has 30 heavy (non-hydrogen) atoms. The molecule has 0 aliphatic heterocycles. The normalized spacial score (nSPS) is 11.9. The molecule has 0 bridgehead atoms. The molecule has 6 nitrogen and oxygen atoms in total. The number of carbonyl (C=O) groups excluding carboxylic acids is 1. The SMILES string of the molecule is CCn1c(C)c(/C=N\NC(=O)c2ccc3nc(SC(C)C)[nH]c3c2)c2ccccc21. The minimum Gasteiger partial charge on any atom is -0.344 e. The topological polar surface area (TPSA) is 75.1 Å². The van der Waals surface area contributed by atoms with Gasteiger partial charge < -0.3 is 9.55 Å². The van der Waals surface area contributed by atoms with Crippen molar-refractivity contribution in [3.63, 3.8) is 0 Å². The van der Waals surface area contributed by atoms with Crippen LogP contribution in [-0.2, 0) is 6.54 Å². The van der Waals surface area contributed by atoms with Gasteiger partial charge in [-0.3, -0.25) is 4.79 Å². The number of hydrogen-bond acceptors (Lipinski definition) is 4. The fraction of sp³-hybridized carbons (Fsp3) is 0.261. The number of nitrogens with one attached hydrogen (secondary N) is 2. The van der Waals surface area contributed by atoms with Crippen molar-refractivity contribution in [2.45, 2.75) is 44.6 Å². The van der Waals surface area contributed by atoms with Crippen molar-refractivity contribution in [1.29, 1.82) is 0 Å². The van der Waals surface area contributed by atoms with Gasteiger partial charge in [0.2, 0.25) is 0 Å². The summed E-state index contributed by atoms with van der Waals surface area (Å²) in [6.07, 6.45) is 1.73. The molecule has 2 heterocycles. The van der Waals surface area contributed by atoms with Gasteiger partial charge in [-0.25, -0.2) is 10.4 Å². The molecule has 4 rings (SSSR count). The predicted molar refractivity (Wildman–Crippen MR) is 124 cm³/mol. The standard InChI is InChI=1S/C23H25N5OS/c1-5-28-15(4)18(17-8-6-7-9-21(17)28)13-24-27-22(29)16-10-11-19-20(12-16)26-23(25-19)30-14(2)3/h6-14H,5H2,1-4H3,(H,25,26)(H,27,29)/b24-13-. The second kappa shape index (κ2) is 8.36. The Balaban J connectivity index is 1.54. The van der Waals surface area contributed by atoms with Crippen molar-refractivity contribution >= 4 is 45.8 Å². The van der Waals surface area contributed by atoms with E-state index in [0.29, 0.717) is 10.8 Å². The lowest BCUT2D eigenvalue weighted by Crippen LogP contribution is -2.17. The largest absolute Gasteiger partial charge is 0.344 e. The van der Waals surface area contributed by atoms with Gasteiger partial charge >= 0.3 is 0 Å². The molecule has 0 aliphatic rings. The molecule has 1 amide bonds. The van der Waals surface area contributed by atoms with Crippen LogP contribution in [-0.4, -0.2) is 31.9 Å². The van der Waals surface area contributed by atoms with Crippen LogP contribution in [0.15, 0.2) is 52.7 Å². The fourth-order valence-electron chi connectivity index (χ4n) is 3.65. The molecule has 154 valence electrons. The summed E-state index contributed by atoms with van der Waals surface area (Å²) >= 11 is 1.66. The zero-order valence-electron chi connectivity index (χ0n) is 17.6. The third-order valence-electron chi connectivity index (χ3n) is 5.03. The van der Waals surface area contributed by atoms with Crippen LogP contribution in [0.5, 0.6) is 0 Å². The first-order chi connectivity index (χ1) is 14.5. The lowest BCUT2D eigenvalue weighted by Gasteiger charge is -2.03. The van der Waals surface area contributed by atoms with E-state index in [0.717, 1.165) is 39.4 Å². The van der Waals surface area contributed by atoms with E-state index in [1.165, 1.54) is 5.52 Å². The highest BCUT2D eigenvalue weighted by atomic mass is 32.2. The van der Waals surface area contributed by atoms with Crippen molar-refractivity contribution < 1.29 is 4.79 Å². The molecule has 0 atom stereocenters. The Kier molecular flexibility index (Phi) is 5.63. The fourth-order valence-corrected chi connectivity index (χ4v) is 4.42. The average molecular weight is 420 g/mol. The summed E-state index contributed by atoms with van der Waals surface area (Å²) in [4.78, 5) is 20.4. The lowest BCUT2D eigenvalue weighted by molar-refractivity contribution is 0.0955. The molecule has 2 aromatic heterocycles. The first kappa shape index (κ1) is 20.2. The lowest BCUT2D eigenvalue weighted by atomic mass is 10.1. The molecule has 2 aromatic carbocycles. The van der Waals surface area contributed by atoms with E-state index in [1.807, 2.05) is 24.3 Å². The van der Waals surface area contributed by atoms with Crippen LogP contribution in [0.4, 0.5) is 0 Å². The maximum absolute atomic E-state index is 12.6. The Labute approximate surface area is 179 Å². The maximum atomic E-state index is 12.6. The number of fused-ring (bicyclic) bond motifs is 2. The number of hydrazone groups is 1. The van der Waals surface area contributed by atoms with E-state index < -0.39 is 0 Å². The van der Waals surface area contributed by atoms with Crippen LogP contribution in [0.2, 0.25) is 0 Å². The molecule has 0 saturated heterocycles. The number of H-pyrrole nitrogens is 1. The first-order valence-electron chi connectivity index (χ1n) is 10.1. The van der Waals surface area contributed by atoms with Gasteiger partial charge in [-0.05, 0) is 38.1 Å². The number of amides is 1. The second-order valence-corrected chi connectivity index (χ2v) is 8.97. The van der Waals surface area contributed by atoms with E-state index in [9.17, 15) is 4.79 Å². The average Bonchev–Trinajstić information content (AvgIpc) is 3.24. The third kappa shape index (κ3) is 3.85. The summed E-state index contributed by atoms with van der Waals surface area (Å²) in [7, 11) is 0. The Bertz CT molecular complexity index is 1250. The summed E-state index contributed by atoms with van der Waals surface area (Å²) in [6, 6.07) is 13.7. The number of aryl methyl sites for hydroxylation is 1. The minimum atomic E-state index is -0.252. The summed E-state index contributed by atoms with van der Waals surface area (Å²) < 4.78 is 2.25. The molecule has 4 aromatic rings. The van der Waals surface area contributed by atoms with Gasteiger partial charge in [0.1, 0.15) is 0 Å². The molecule has 0 aliphatic carbocycles. The predicted octanol–water partition coefficient (Wildman–Crippen LogP) is 5.11. The van der Waals surface area contributed by atoms with E-state index in [2.05, 4.69) is 64.9 Å². The van der Waals surface area contributed by atoms with E-state index in [4.69, 9.17) is 0 Å². The van der Waals surface area contributed by atoms with Crippen molar-refractivity contribution in [1.82, 2.24) is 20.0 Å². The highest BCUT2D eigenvalue weighted by Crippen LogP contribution is 2.25. The molecular formula is C23H25N5OS. The number of aromatic amines is 1. The van der Waals surface area contributed by atoms with E-state index in [-0.39, 0.29) is 5.91 Å². The summed E-state index contributed by atoms with van der Waals surface area (Å²) in [5, 5.41) is 6.66. The van der Waals surface area contributed by atoms with Crippen LogP contribution in [0.3, 0.4) is 0 Å². The molecule has 0 fully saturated rings. The second-order valence-electron chi connectivity index (χ2n) is 7.40. The number of hydrogen-bond donors (Lipinski definition) is 2. The van der Waals surface area contributed by atoms with E-state index >= 15 is 0 Å². The number of imidazole rings is 1. The highest BCUT2D eigenvalue weighted by molar-refractivity contribution is 7.99. The molecule has 7 heteroatoms. The number of carbonyl (C=O) groups is 1. The number of para-hydroxylation sites is 1. The quantitative estimate of drug-likeness (QED) is 0.259. The molecule has 0 saturated carbocycles. The van der Waals surface area contributed by atoms with Gasteiger partial charge in [0.25, 0.3) is 5.91 Å². The van der Waals surface area contributed by atoms with Crippen molar-refractivity contribution in [2.75, 3.05) is 0 Å². The monoisotopic (exact) mass is 419 g/mol. The molecule has 2 N–H and O–H groups in total.